The van der Waals surface area contributed by atoms with Crippen LogP contribution < -0.4 is 4.74 Å². The first-order chi connectivity index (χ1) is 13.8. The Bertz CT molecular complexity index is 1170. The van der Waals surface area contributed by atoms with E-state index >= 15 is 0 Å². The molecule has 4 aromatic carbocycles. The molecule has 0 fully saturated rings. The van der Waals surface area contributed by atoms with E-state index in [-0.39, 0.29) is 0 Å². The van der Waals surface area contributed by atoms with E-state index in [0.717, 1.165) is 33.2 Å². The molecule has 0 amide bonds. The number of hydrogen-bond acceptors (Lipinski definition) is 2. The minimum atomic E-state index is 0.490. The van der Waals surface area contributed by atoms with Gasteiger partial charge in [-0.15, -0.1) is 0 Å². The van der Waals surface area contributed by atoms with Gasteiger partial charge in [0.15, 0.2) is 0 Å². The lowest BCUT2D eigenvalue weighted by molar-refractivity contribution is 0.305. The van der Waals surface area contributed by atoms with Crippen molar-refractivity contribution in [1.82, 2.24) is 0 Å². The number of nitrogens with zero attached hydrogens (tertiary/aromatic N) is 1. The van der Waals surface area contributed by atoms with E-state index in [2.05, 4.69) is 24.3 Å². The van der Waals surface area contributed by atoms with Crippen LogP contribution in [0.25, 0.3) is 22.4 Å². The predicted octanol–water partition coefficient (Wildman–Crippen LogP) is 6.48. The maximum absolute atomic E-state index is 9.75. The number of para-hydroxylation sites is 1. The molecule has 0 atom stereocenters. The number of nitriles is 1. The second-order valence-corrected chi connectivity index (χ2v) is 6.54. The van der Waals surface area contributed by atoms with Crippen LogP contribution in [0.4, 0.5) is 0 Å². The molecule has 0 heterocycles. The second kappa shape index (κ2) is 8.24. The molecule has 0 aromatic heterocycles. The van der Waals surface area contributed by atoms with E-state index in [1.165, 1.54) is 0 Å². The first-order valence-corrected chi connectivity index (χ1v) is 9.20. The van der Waals surface area contributed by atoms with Crippen molar-refractivity contribution in [1.29, 1.82) is 5.26 Å². The van der Waals surface area contributed by atoms with E-state index in [9.17, 15) is 5.26 Å². The van der Waals surface area contributed by atoms with Crippen molar-refractivity contribution in [2.75, 3.05) is 0 Å². The molecule has 0 spiro atoms. The van der Waals surface area contributed by atoms with Crippen LogP contribution in [-0.4, -0.2) is 0 Å². The number of hydrogen-bond donors (Lipinski definition) is 0. The highest BCUT2D eigenvalue weighted by atomic mass is 16.5. The van der Waals surface area contributed by atoms with Gasteiger partial charge in [0, 0.05) is 5.56 Å². The van der Waals surface area contributed by atoms with Gasteiger partial charge in [0.1, 0.15) is 12.4 Å². The van der Waals surface area contributed by atoms with Gasteiger partial charge in [0.2, 0.25) is 0 Å². The van der Waals surface area contributed by atoms with Crippen LogP contribution in [0, 0.1) is 11.3 Å². The molecule has 0 bridgehead atoms. The SMILES string of the molecule is N#C/C(=C/c1ccccc1OCc1ccccc1)c1ccc2ccccc2c1. The molecular weight excluding hydrogens is 342 g/mol. The Morgan fingerprint density at radius 2 is 1.50 bits per heavy atom. The summed E-state index contributed by atoms with van der Waals surface area (Å²) in [5, 5.41) is 12.0. The van der Waals surface area contributed by atoms with Crippen molar-refractivity contribution in [3.05, 3.63) is 114 Å². The van der Waals surface area contributed by atoms with Gasteiger partial charge in [0.25, 0.3) is 0 Å². The highest BCUT2D eigenvalue weighted by molar-refractivity contribution is 5.94. The Labute approximate surface area is 165 Å². The van der Waals surface area contributed by atoms with Crippen molar-refractivity contribution >= 4 is 22.4 Å². The molecule has 134 valence electrons. The summed E-state index contributed by atoms with van der Waals surface area (Å²) in [6.45, 7) is 0.490. The lowest BCUT2D eigenvalue weighted by atomic mass is 10.00. The standard InChI is InChI=1S/C26H19NO/c27-18-25(23-15-14-21-10-4-5-11-22(21)16-23)17-24-12-6-7-13-26(24)28-19-20-8-2-1-3-9-20/h1-17H,19H2/b25-17-. The molecule has 0 aliphatic rings. The lowest BCUT2D eigenvalue weighted by Crippen LogP contribution is -1.96. The van der Waals surface area contributed by atoms with Gasteiger partial charge < -0.3 is 4.74 Å². The highest BCUT2D eigenvalue weighted by Crippen LogP contribution is 2.27. The molecule has 28 heavy (non-hydrogen) atoms. The van der Waals surface area contributed by atoms with Gasteiger partial charge in [-0.2, -0.15) is 5.26 Å². The first-order valence-electron chi connectivity index (χ1n) is 9.20. The second-order valence-electron chi connectivity index (χ2n) is 6.54. The van der Waals surface area contributed by atoms with Crippen LogP contribution in [0.15, 0.2) is 97.1 Å². The third kappa shape index (κ3) is 3.95. The fourth-order valence-corrected chi connectivity index (χ4v) is 3.16. The number of rotatable bonds is 5. The molecule has 0 aliphatic heterocycles. The van der Waals surface area contributed by atoms with Crippen molar-refractivity contribution in [3.63, 3.8) is 0 Å². The van der Waals surface area contributed by atoms with E-state index in [1.54, 1.807) is 0 Å². The van der Waals surface area contributed by atoms with Crippen LogP contribution in [0.5, 0.6) is 5.75 Å². The summed E-state index contributed by atoms with van der Waals surface area (Å²) in [6.07, 6.45) is 1.89. The molecule has 2 nitrogen and oxygen atoms in total. The van der Waals surface area contributed by atoms with Gasteiger partial charge in [-0.05, 0) is 40.1 Å². The summed E-state index contributed by atoms with van der Waals surface area (Å²) in [5.74, 6) is 0.764. The van der Waals surface area contributed by atoms with Crippen molar-refractivity contribution in [3.8, 4) is 11.8 Å². The quantitative estimate of drug-likeness (QED) is 0.301. The lowest BCUT2D eigenvalue weighted by Gasteiger charge is -2.10. The molecular formula is C26H19NO. The maximum Gasteiger partial charge on any atom is 0.127 e. The van der Waals surface area contributed by atoms with Gasteiger partial charge in [0.05, 0.1) is 11.6 Å². The van der Waals surface area contributed by atoms with Crippen molar-refractivity contribution in [2.24, 2.45) is 0 Å². The van der Waals surface area contributed by atoms with E-state index in [4.69, 9.17) is 4.74 Å². The summed E-state index contributed by atoms with van der Waals surface area (Å²) in [6, 6.07) is 34.5. The zero-order valence-electron chi connectivity index (χ0n) is 15.4. The normalized spacial score (nSPS) is 11.2. The van der Waals surface area contributed by atoms with E-state index in [1.807, 2.05) is 84.9 Å². The van der Waals surface area contributed by atoms with Gasteiger partial charge >= 0.3 is 0 Å². The third-order valence-electron chi connectivity index (χ3n) is 4.64. The molecule has 0 N–H and O–H groups in total. The monoisotopic (exact) mass is 361 g/mol. The number of benzene rings is 4. The zero-order valence-corrected chi connectivity index (χ0v) is 15.4. The average molecular weight is 361 g/mol. The molecule has 4 aromatic rings. The Hall–Kier alpha value is -3.83. The fraction of sp³-hybridized carbons (Fsp3) is 0.0385. The summed E-state index contributed by atoms with van der Waals surface area (Å²) in [7, 11) is 0. The fourth-order valence-electron chi connectivity index (χ4n) is 3.16. The summed E-state index contributed by atoms with van der Waals surface area (Å²) >= 11 is 0. The van der Waals surface area contributed by atoms with E-state index < -0.39 is 0 Å². The minimum absolute atomic E-state index is 0.490. The Morgan fingerprint density at radius 3 is 2.32 bits per heavy atom. The predicted molar refractivity (Wildman–Crippen MR) is 115 cm³/mol. The topological polar surface area (TPSA) is 33.0 Å². The number of allylic oxidation sites excluding steroid dienone is 1. The van der Waals surface area contributed by atoms with Gasteiger partial charge in [-0.3, -0.25) is 0 Å². The summed E-state index contributed by atoms with van der Waals surface area (Å²) in [4.78, 5) is 0. The largest absolute Gasteiger partial charge is 0.488 e. The van der Waals surface area contributed by atoms with Crippen LogP contribution in [0.2, 0.25) is 0 Å². The molecule has 0 radical (unpaired) electrons. The van der Waals surface area contributed by atoms with Gasteiger partial charge in [-0.1, -0.05) is 84.9 Å². The minimum Gasteiger partial charge on any atom is -0.488 e. The van der Waals surface area contributed by atoms with E-state index in [0.29, 0.717) is 12.2 Å². The average Bonchev–Trinajstić information content (AvgIpc) is 2.77. The molecule has 0 saturated heterocycles. The summed E-state index contributed by atoms with van der Waals surface area (Å²) < 4.78 is 6.02. The third-order valence-corrected chi connectivity index (χ3v) is 4.64. The highest BCUT2D eigenvalue weighted by Gasteiger charge is 2.06. The number of ether oxygens (including phenoxy) is 1. The maximum atomic E-state index is 9.75. The van der Waals surface area contributed by atoms with Crippen molar-refractivity contribution < 1.29 is 4.74 Å². The molecule has 2 heteroatoms. The molecule has 4 rings (SSSR count). The molecule has 0 aliphatic carbocycles. The first kappa shape index (κ1) is 17.6. The van der Waals surface area contributed by atoms with Crippen LogP contribution in [0.1, 0.15) is 16.7 Å². The molecule has 0 saturated carbocycles. The summed E-state index contributed by atoms with van der Waals surface area (Å²) in [5.41, 5.74) is 3.51. The molecule has 0 unspecified atom stereocenters. The zero-order chi connectivity index (χ0) is 19.2. The van der Waals surface area contributed by atoms with Crippen LogP contribution in [0.3, 0.4) is 0 Å². The number of fused-ring (bicyclic) bond motifs is 1. The van der Waals surface area contributed by atoms with Gasteiger partial charge in [-0.25, -0.2) is 0 Å². The Morgan fingerprint density at radius 1 is 0.786 bits per heavy atom. The van der Waals surface area contributed by atoms with Crippen LogP contribution in [-0.2, 0) is 6.61 Å². The Balaban J connectivity index is 1.65. The van der Waals surface area contributed by atoms with Crippen LogP contribution >= 0.6 is 0 Å². The Kier molecular flexibility index (Phi) is 5.17. The van der Waals surface area contributed by atoms with Crippen molar-refractivity contribution in [2.45, 2.75) is 6.61 Å². The smallest absolute Gasteiger partial charge is 0.127 e.